The van der Waals surface area contributed by atoms with E-state index in [1.165, 1.54) is 66.1 Å². The zero-order valence-corrected chi connectivity index (χ0v) is 23.2. The van der Waals surface area contributed by atoms with Crippen molar-refractivity contribution in [2.45, 2.75) is 31.1 Å². The topological polar surface area (TPSA) is 40.5 Å². The maximum Gasteiger partial charge on any atom is 0.0431 e. The standard InChI is InChI=1S/C39H34O2/c40-23-7-21-39(22-8-24-41)37-33(31-19-17-27-9-1-3-11-29(27)25-31)13-5-15-35(37)36-16-6-14-34(38(36)39)32-20-18-28-10-2-4-12-30(28)26-32/h1-6,9-20,25-26,40-41H,7-8,21-24H2. The van der Waals surface area contributed by atoms with Gasteiger partial charge in [-0.3, -0.25) is 0 Å². The zero-order valence-electron chi connectivity index (χ0n) is 23.2. The van der Waals surface area contributed by atoms with Crippen LogP contribution >= 0.6 is 0 Å². The van der Waals surface area contributed by atoms with Gasteiger partial charge >= 0.3 is 0 Å². The van der Waals surface area contributed by atoms with Crippen molar-refractivity contribution in [3.8, 4) is 33.4 Å². The SMILES string of the molecule is OCCCC1(CCCO)c2c(-c3ccc4ccccc4c3)cccc2-c2cccc(-c3ccc4ccccc4c3)c21. The zero-order chi connectivity index (χ0) is 27.8. The first-order valence-electron chi connectivity index (χ1n) is 14.7. The average molecular weight is 535 g/mol. The molecule has 0 amide bonds. The van der Waals surface area contributed by atoms with E-state index in [0.29, 0.717) is 12.8 Å². The molecule has 0 aliphatic heterocycles. The van der Waals surface area contributed by atoms with Crippen LogP contribution in [0, 0.1) is 0 Å². The first-order valence-corrected chi connectivity index (χ1v) is 14.7. The van der Waals surface area contributed by atoms with Crippen LogP contribution in [0.15, 0.2) is 121 Å². The molecule has 2 nitrogen and oxygen atoms in total. The van der Waals surface area contributed by atoms with Crippen molar-refractivity contribution >= 4 is 21.5 Å². The van der Waals surface area contributed by atoms with Gasteiger partial charge in [0.15, 0.2) is 0 Å². The molecule has 0 aromatic heterocycles. The summed E-state index contributed by atoms with van der Waals surface area (Å²) in [6.07, 6.45) is 3.03. The molecule has 1 aliphatic rings. The Hall–Kier alpha value is -4.24. The lowest BCUT2D eigenvalue weighted by atomic mass is 9.67. The Kier molecular flexibility index (Phi) is 6.66. The summed E-state index contributed by atoms with van der Waals surface area (Å²) in [7, 11) is 0. The molecule has 0 unspecified atom stereocenters. The van der Waals surface area contributed by atoms with Gasteiger partial charge in [-0.15, -0.1) is 0 Å². The first-order chi connectivity index (χ1) is 20.2. The molecule has 6 aromatic carbocycles. The molecule has 2 N–H and O–H groups in total. The van der Waals surface area contributed by atoms with Crippen molar-refractivity contribution in [1.29, 1.82) is 0 Å². The lowest BCUT2D eigenvalue weighted by molar-refractivity contribution is 0.247. The fraction of sp³-hybridized carbons (Fsp3) is 0.179. The maximum atomic E-state index is 10.1. The average Bonchev–Trinajstić information content (AvgIpc) is 3.32. The number of hydrogen-bond acceptors (Lipinski definition) is 2. The van der Waals surface area contributed by atoms with Gasteiger partial charge in [-0.1, -0.05) is 109 Å². The molecular formula is C39H34O2. The van der Waals surface area contributed by atoms with E-state index in [1.807, 2.05) is 0 Å². The van der Waals surface area contributed by atoms with Crippen LogP contribution in [-0.2, 0) is 5.41 Å². The van der Waals surface area contributed by atoms with Gasteiger partial charge in [0.2, 0.25) is 0 Å². The highest BCUT2D eigenvalue weighted by Crippen LogP contribution is 2.59. The molecule has 2 heteroatoms. The smallest absolute Gasteiger partial charge is 0.0431 e. The minimum absolute atomic E-state index is 0.141. The summed E-state index contributed by atoms with van der Waals surface area (Å²) in [5, 5.41) is 25.2. The molecule has 6 aromatic rings. The van der Waals surface area contributed by atoms with Gasteiger partial charge in [0.25, 0.3) is 0 Å². The van der Waals surface area contributed by atoms with Crippen molar-refractivity contribution in [3.63, 3.8) is 0 Å². The maximum absolute atomic E-state index is 10.1. The fourth-order valence-corrected chi connectivity index (χ4v) is 7.29. The summed E-state index contributed by atoms with van der Waals surface area (Å²) in [6.45, 7) is 0.281. The number of rotatable bonds is 8. The Morgan fingerprint density at radius 3 is 1.27 bits per heavy atom. The summed E-state index contributed by atoms with van der Waals surface area (Å²) in [5.74, 6) is 0. The van der Waals surface area contributed by atoms with E-state index in [1.54, 1.807) is 0 Å². The van der Waals surface area contributed by atoms with Crippen molar-refractivity contribution in [2.75, 3.05) is 13.2 Å². The van der Waals surface area contributed by atoms with Crippen LogP contribution in [0.5, 0.6) is 0 Å². The highest BCUT2D eigenvalue weighted by Gasteiger charge is 2.45. The van der Waals surface area contributed by atoms with Crippen LogP contribution in [0.25, 0.3) is 54.9 Å². The van der Waals surface area contributed by atoms with Crippen molar-refractivity contribution < 1.29 is 10.2 Å². The molecule has 1 aliphatic carbocycles. The number of aliphatic hydroxyl groups excluding tert-OH is 2. The van der Waals surface area contributed by atoms with Gasteiger partial charge in [-0.25, -0.2) is 0 Å². The Morgan fingerprint density at radius 2 is 0.829 bits per heavy atom. The molecule has 0 saturated carbocycles. The molecular weight excluding hydrogens is 500 g/mol. The molecule has 0 spiro atoms. The van der Waals surface area contributed by atoms with Crippen LogP contribution in [-0.4, -0.2) is 23.4 Å². The van der Waals surface area contributed by atoms with E-state index in [9.17, 15) is 10.2 Å². The van der Waals surface area contributed by atoms with E-state index in [2.05, 4.69) is 121 Å². The molecule has 202 valence electrons. The van der Waals surface area contributed by atoms with E-state index >= 15 is 0 Å². The van der Waals surface area contributed by atoms with E-state index in [0.717, 1.165) is 12.8 Å². The Morgan fingerprint density at radius 1 is 0.415 bits per heavy atom. The lowest BCUT2D eigenvalue weighted by Gasteiger charge is -2.35. The number of aliphatic hydroxyl groups is 2. The molecule has 41 heavy (non-hydrogen) atoms. The van der Waals surface area contributed by atoms with Gasteiger partial charge in [-0.2, -0.15) is 0 Å². The first kappa shape index (κ1) is 25.7. The molecule has 7 rings (SSSR count). The minimum atomic E-state index is -0.333. The highest BCUT2D eigenvalue weighted by molar-refractivity contribution is 5.96. The van der Waals surface area contributed by atoms with Gasteiger partial charge in [0, 0.05) is 18.6 Å². The Bertz CT molecular complexity index is 1740. The van der Waals surface area contributed by atoms with Crippen LogP contribution in [0.1, 0.15) is 36.8 Å². The normalized spacial score (nSPS) is 13.4. The van der Waals surface area contributed by atoms with Crippen molar-refractivity contribution in [2.24, 2.45) is 0 Å². The van der Waals surface area contributed by atoms with E-state index in [4.69, 9.17) is 0 Å². The second kappa shape index (κ2) is 10.6. The van der Waals surface area contributed by atoms with E-state index in [-0.39, 0.29) is 18.6 Å². The van der Waals surface area contributed by atoms with E-state index < -0.39 is 0 Å². The Labute approximate surface area is 241 Å². The molecule has 0 heterocycles. The predicted octanol–water partition coefficient (Wildman–Crippen LogP) is 9.14. The van der Waals surface area contributed by atoms with Gasteiger partial charge in [0.05, 0.1) is 0 Å². The summed E-state index contributed by atoms with van der Waals surface area (Å²) in [5.41, 5.74) is 9.76. The van der Waals surface area contributed by atoms with Crippen LogP contribution in [0.4, 0.5) is 0 Å². The second-order valence-corrected chi connectivity index (χ2v) is 11.3. The summed E-state index contributed by atoms with van der Waals surface area (Å²) >= 11 is 0. The minimum Gasteiger partial charge on any atom is -0.396 e. The largest absolute Gasteiger partial charge is 0.396 e. The predicted molar refractivity (Wildman–Crippen MR) is 171 cm³/mol. The third-order valence-corrected chi connectivity index (χ3v) is 9.02. The summed E-state index contributed by atoms with van der Waals surface area (Å²) in [6, 6.07) is 44.0. The van der Waals surface area contributed by atoms with Crippen LogP contribution < -0.4 is 0 Å². The van der Waals surface area contributed by atoms with Gasteiger partial charge in [-0.05, 0) is 104 Å². The third-order valence-electron chi connectivity index (χ3n) is 9.02. The Balaban J connectivity index is 1.51. The molecule has 0 saturated heterocycles. The van der Waals surface area contributed by atoms with Crippen LogP contribution in [0.2, 0.25) is 0 Å². The molecule has 0 atom stereocenters. The quantitative estimate of drug-likeness (QED) is 0.204. The summed E-state index contributed by atoms with van der Waals surface area (Å²) in [4.78, 5) is 0. The van der Waals surface area contributed by atoms with Gasteiger partial charge in [0.1, 0.15) is 0 Å². The number of benzene rings is 6. The fourth-order valence-electron chi connectivity index (χ4n) is 7.29. The van der Waals surface area contributed by atoms with Crippen molar-refractivity contribution in [3.05, 3.63) is 132 Å². The number of fused-ring (bicyclic) bond motifs is 5. The summed E-state index contributed by atoms with van der Waals surface area (Å²) < 4.78 is 0. The monoisotopic (exact) mass is 534 g/mol. The molecule has 0 bridgehead atoms. The van der Waals surface area contributed by atoms with Gasteiger partial charge < -0.3 is 10.2 Å². The van der Waals surface area contributed by atoms with Crippen LogP contribution in [0.3, 0.4) is 0 Å². The number of hydrogen-bond donors (Lipinski definition) is 2. The highest BCUT2D eigenvalue weighted by atomic mass is 16.3. The second-order valence-electron chi connectivity index (χ2n) is 11.3. The molecule has 0 fully saturated rings. The molecule has 0 radical (unpaired) electrons. The lowest BCUT2D eigenvalue weighted by Crippen LogP contribution is -2.28. The van der Waals surface area contributed by atoms with Crippen molar-refractivity contribution in [1.82, 2.24) is 0 Å². The third kappa shape index (κ3) is 4.26.